The summed E-state index contributed by atoms with van der Waals surface area (Å²) in [6.07, 6.45) is 0.563. The van der Waals surface area contributed by atoms with Gasteiger partial charge in [-0.1, -0.05) is 6.07 Å². The van der Waals surface area contributed by atoms with Crippen molar-refractivity contribution in [1.82, 2.24) is 9.62 Å². The molecule has 0 spiro atoms. The summed E-state index contributed by atoms with van der Waals surface area (Å²) in [5.74, 6) is -0.552. The lowest BCUT2D eigenvalue weighted by molar-refractivity contribution is 0.111. The van der Waals surface area contributed by atoms with Crippen LogP contribution in [0.4, 0.5) is 9.18 Å². The molecule has 1 aromatic rings. The number of rotatable bonds is 3. The Bertz CT molecular complexity index is 655. The molecular formula is C14H19FN2O4S. The van der Waals surface area contributed by atoms with Crippen molar-refractivity contribution in [2.45, 2.75) is 30.7 Å². The van der Waals surface area contributed by atoms with Crippen LogP contribution in [0.2, 0.25) is 0 Å². The molecule has 122 valence electrons. The van der Waals surface area contributed by atoms with Crippen LogP contribution in [0.1, 0.15) is 18.4 Å². The van der Waals surface area contributed by atoms with E-state index in [1.54, 1.807) is 6.92 Å². The molecule has 0 unspecified atom stereocenters. The molecule has 1 heterocycles. The first-order valence-electron chi connectivity index (χ1n) is 6.95. The van der Waals surface area contributed by atoms with Crippen LogP contribution in [0.15, 0.2) is 23.1 Å². The monoisotopic (exact) mass is 330 g/mol. The number of ether oxygens (including phenoxy) is 1. The van der Waals surface area contributed by atoms with Crippen LogP contribution < -0.4 is 4.72 Å². The van der Waals surface area contributed by atoms with Gasteiger partial charge in [-0.2, -0.15) is 0 Å². The van der Waals surface area contributed by atoms with Crippen molar-refractivity contribution in [3.63, 3.8) is 0 Å². The van der Waals surface area contributed by atoms with E-state index in [2.05, 4.69) is 9.46 Å². The van der Waals surface area contributed by atoms with Gasteiger partial charge in [-0.05, 0) is 37.5 Å². The van der Waals surface area contributed by atoms with E-state index in [1.807, 2.05) is 0 Å². The number of nitrogens with one attached hydrogen (secondary N) is 1. The number of sulfonamides is 1. The molecule has 0 saturated carbocycles. The van der Waals surface area contributed by atoms with Crippen molar-refractivity contribution in [1.29, 1.82) is 0 Å². The number of hydrogen-bond acceptors (Lipinski definition) is 4. The van der Waals surface area contributed by atoms with Crippen LogP contribution in [0.3, 0.4) is 0 Å². The van der Waals surface area contributed by atoms with Gasteiger partial charge in [0.25, 0.3) is 0 Å². The molecule has 0 aliphatic carbocycles. The molecule has 0 atom stereocenters. The molecule has 0 bridgehead atoms. The average molecular weight is 330 g/mol. The maximum absolute atomic E-state index is 13.5. The highest BCUT2D eigenvalue weighted by Crippen LogP contribution is 2.17. The SMILES string of the molecule is COC(=O)N1CCC(NS(=O)(=O)c2ccc(C)c(F)c2)CC1. The van der Waals surface area contributed by atoms with Gasteiger partial charge in [0, 0.05) is 19.1 Å². The zero-order chi connectivity index (χ0) is 16.3. The minimum absolute atomic E-state index is 0.0917. The van der Waals surface area contributed by atoms with E-state index in [-0.39, 0.29) is 10.9 Å². The minimum atomic E-state index is -3.77. The van der Waals surface area contributed by atoms with Crippen molar-refractivity contribution in [3.05, 3.63) is 29.6 Å². The fraction of sp³-hybridized carbons (Fsp3) is 0.500. The molecular weight excluding hydrogens is 311 g/mol. The number of carbonyl (C=O) groups excluding carboxylic acids is 1. The fourth-order valence-corrected chi connectivity index (χ4v) is 3.65. The van der Waals surface area contributed by atoms with Crippen LogP contribution in [-0.4, -0.2) is 45.7 Å². The molecule has 22 heavy (non-hydrogen) atoms. The molecule has 1 aliphatic rings. The highest BCUT2D eigenvalue weighted by molar-refractivity contribution is 7.89. The number of amides is 1. The summed E-state index contributed by atoms with van der Waals surface area (Å²) in [7, 11) is -2.46. The number of aryl methyl sites for hydroxylation is 1. The van der Waals surface area contributed by atoms with Gasteiger partial charge in [-0.15, -0.1) is 0 Å². The van der Waals surface area contributed by atoms with Crippen molar-refractivity contribution < 1.29 is 22.3 Å². The van der Waals surface area contributed by atoms with E-state index in [9.17, 15) is 17.6 Å². The number of methoxy groups -OCH3 is 1. The molecule has 6 nitrogen and oxygen atoms in total. The zero-order valence-electron chi connectivity index (χ0n) is 12.5. The van der Waals surface area contributed by atoms with E-state index < -0.39 is 21.9 Å². The smallest absolute Gasteiger partial charge is 0.409 e. The lowest BCUT2D eigenvalue weighted by atomic mass is 10.1. The molecule has 1 aliphatic heterocycles. The molecule has 1 aromatic carbocycles. The zero-order valence-corrected chi connectivity index (χ0v) is 13.3. The van der Waals surface area contributed by atoms with Gasteiger partial charge in [0.2, 0.25) is 10.0 Å². The molecule has 1 saturated heterocycles. The second kappa shape index (κ2) is 6.62. The van der Waals surface area contributed by atoms with Gasteiger partial charge < -0.3 is 9.64 Å². The van der Waals surface area contributed by atoms with Crippen molar-refractivity contribution in [2.75, 3.05) is 20.2 Å². The third-order valence-electron chi connectivity index (χ3n) is 3.70. The summed E-state index contributed by atoms with van der Waals surface area (Å²) >= 11 is 0. The van der Waals surface area contributed by atoms with E-state index in [4.69, 9.17) is 0 Å². The van der Waals surface area contributed by atoms with E-state index >= 15 is 0 Å². The van der Waals surface area contributed by atoms with Gasteiger partial charge in [0.1, 0.15) is 5.82 Å². The molecule has 1 N–H and O–H groups in total. The Morgan fingerprint density at radius 3 is 2.55 bits per heavy atom. The fourth-order valence-electron chi connectivity index (χ4n) is 2.34. The number of halogens is 1. The van der Waals surface area contributed by atoms with E-state index in [0.29, 0.717) is 31.5 Å². The van der Waals surface area contributed by atoms with Gasteiger partial charge in [0.05, 0.1) is 12.0 Å². The predicted molar refractivity (Wildman–Crippen MR) is 78.5 cm³/mol. The second-order valence-corrected chi connectivity index (χ2v) is 6.98. The summed E-state index contributed by atoms with van der Waals surface area (Å²) < 4.78 is 45.2. The van der Waals surface area contributed by atoms with Crippen LogP contribution >= 0.6 is 0 Å². The molecule has 8 heteroatoms. The quantitative estimate of drug-likeness (QED) is 0.914. The third kappa shape index (κ3) is 3.75. The highest BCUT2D eigenvalue weighted by Gasteiger charge is 2.27. The number of likely N-dealkylation sites (tertiary alicyclic amines) is 1. The summed E-state index contributed by atoms with van der Waals surface area (Å²) in [6, 6.07) is 3.55. The third-order valence-corrected chi connectivity index (χ3v) is 5.22. The summed E-state index contributed by atoms with van der Waals surface area (Å²) in [5.41, 5.74) is 0.394. The van der Waals surface area contributed by atoms with Crippen LogP contribution in [0, 0.1) is 12.7 Å². The number of carbonyl (C=O) groups is 1. The average Bonchev–Trinajstić information content (AvgIpc) is 2.49. The number of hydrogen-bond donors (Lipinski definition) is 1. The standard InChI is InChI=1S/C14H19FN2O4S/c1-10-3-4-12(9-13(10)15)22(19,20)16-11-5-7-17(8-6-11)14(18)21-2/h3-4,9,11,16H,5-8H2,1-2H3. The summed E-state index contributed by atoms with van der Waals surface area (Å²) in [5, 5.41) is 0. The normalized spacial score (nSPS) is 16.6. The Morgan fingerprint density at radius 2 is 2.00 bits per heavy atom. The minimum Gasteiger partial charge on any atom is -0.453 e. The predicted octanol–water partition coefficient (Wildman–Crippen LogP) is 1.64. The molecule has 1 amide bonds. The lowest BCUT2D eigenvalue weighted by Crippen LogP contribution is -2.46. The Kier molecular flexibility index (Phi) is 5.02. The number of nitrogens with zero attached hydrogens (tertiary/aromatic N) is 1. The van der Waals surface area contributed by atoms with Gasteiger partial charge in [-0.3, -0.25) is 0 Å². The first-order valence-corrected chi connectivity index (χ1v) is 8.43. The van der Waals surface area contributed by atoms with E-state index in [1.165, 1.54) is 24.1 Å². The summed E-state index contributed by atoms with van der Waals surface area (Å²) in [4.78, 5) is 12.8. The molecule has 1 fully saturated rings. The lowest BCUT2D eigenvalue weighted by Gasteiger charge is -2.31. The van der Waals surface area contributed by atoms with Crippen LogP contribution in [-0.2, 0) is 14.8 Å². The van der Waals surface area contributed by atoms with Crippen molar-refractivity contribution in [3.8, 4) is 0 Å². The topological polar surface area (TPSA) is 75.7 Å². The molecule has 2 rings (SSSR count). The largest absolute Gasteiger partial charge is 0.453 e. The van der Waals surface area contributed by atoms with Crippen molar-refractivity contribution in [2.24, 2.45) is 0 Å². The Morgan fingerprint density at radius 1 is 1.36 bits per heavy atom. The Hall–Kier alpha value is -1.67. The first-order chi connectivity index (χ1) is 10.3. The number of benzene rings is 1. The van der Waals surface area contributed by atoms with Crippen LogP contribution in [0.5, 0.6) is 0 Å². The van der Waals surface area contributed by atoms with Crippen LogP contribution in [0.25, 0.3) is 0 Å². The number of piperidine rings is 1. The summed E-state index contributed by atoms with van der Waals surface area (Å²) in [6.45, 7) is 2.41. The maximum Gasteiger partial charge on any atom is 0.409 e. The van der Waals surface area contributed by atoms with Gasteiger partial charge >= 0.3 is 6.09 Å². The first kappa shape index (κ1) is 16.7. The maximum atomic E-state index is 13.5. The highest BCUT2D eigenvalue weighted by atomic mass is 32.2. The Labute approximate surface area is 129 Å². The van der Waals surface area contributed by atoms with Crippen molar-refractivity contribution >= 4 is 16.1 Å². The van der Waals surface area contributed by atoms with Gasteiger partial charge in [0.15, 0.2) is 0 Å². The van der Waals surface area contributed by atoms with Gasteiger partial charge in [-0.25, -0.2) is 22.3 Å². The molecule has 0 aromatic heterocycles. The molecule has 0 radical (unpaired) electrons. The Balaban J connectivity index is 2.01. The van der Waals surface area contributed by atoms with E-state index in [0.717, 1.165) is 6.07 Å². The second-order valence-electron chi connectivity index (χ2n) is 5.26.